The van der Waals surface area contributed by atoms with Crippen LogP contribution in [-0.2, 0) is 22.5 Å². The average molecular weight is 501 g/mol. The number of nitrogens with zero attached hydrogens (tertiary/aromatic N) is 3. The van der Waals surface area contributed by atoms with Crippen molar-refractivity contribution in [2.24, 2.45) is 0 Å². The number of carbonyl (C=O) groups is 2. The third-order valence-electron chi connectivity index (χ3n) is 6.40. The molecule has 3 heterocycles. The molecule has 5 rings (SSSR count). The standard InChI is InChI=1S/C27H24N4O6/c32-26(19-8-10-21(11-9-19)31(34)35)37-23-14-22(13-20-15-29-25-24(20)7-4-12-28-25)30(16-23)27(33)36-17-18-5-2-1-3-6-18/h1-12,15,22-23H,13-14,16-17H2,(H,28,29)/t22-,23+/m1/s1. The zero-order chi connectivity index (χ0) is 25.8. The predicted molar refractivity (Wildman–Crippen MR) is 134 cm³/mol. The number of H-pyrrole nitrogens is 1. The van der Waals surface area contributed by atoms with Crippen LogP contribution in [0.3, 0.4) is 0 Å². The van der Waals surface area contributed by atoms with Gasteiger partial charge in [0.1, 0.15) is 18.4 Å². The fourth-order valence-electron chi connectivity index (χ4n) is 4.55. The second-order valence-corrected chi connectivity index (χ2v) is 8.83. The topological polar surface area (TPSA) is 128 Å². The van der Waals surface area contributed by atoms with Crippen molar-refractivity contribution in [1.29, 1.82) is 0 Å². The summed E-state index contributed by atoms with van der Waals surface area (Å²) >= 11 is 0. The van der Waals surface area contributed by atoms with Crippen molar-refractivity contribution in [3.05, 3.63) is 106 Å². The van der Waals surface area contributed by atoms with Crippen LogP contribution < -0.4 is 0 Å². The Morgan fingerprint density at radius 3 is 2.62 bits per heavy atom. The highest BCUT2D eigenvalue weighted by atomic mass is 16.6. The Balaban J connectivity index is 1.31. The number of pyridine rings is 1. The minimum absolute atomic E-state index is 0.113. The summed E-state index contributed by atoms with van der Waals surface area (Å²) in [5.74, 6) is -0.602. The SMILES string of the molecule is O=C(O[C@H]1C[C@@H](Cc2c[nH]c3ncccc23)N(C(=O)OCc2ccccc2)C1)c1ccc([N+](=O)[O-])cc1. The third kappa shape index (κ3) is 5.43. The Morgan fingerprint density at radius 2 is 1.86 bits per heavy atom. The van der Waals surface area contributed by atoms with Gasteiger partial charge in [0.25, 0.3) is 5.69 Å². The maximum Gasteiger partial charge on any atom is 0.410 e. The van der Waals surface area contributed by atoms with Crippen LogP contribution in [0.4, 0.5) is 10.5 Å². The lowest BCUT2D eigenvalue weighted by Crippen LogP contribution is -2.37. The fraction of sp³-hybridized carbons (Fsp3) is 0.222. The van der Waals surface area contributed by atoms with Crippen LogP contribution in [0.2, 0.25) is 0 Å². The van der Waals surface area contributed by atoms with E-state index in [1.54, 1.807) is 11.1 Å². The summed E-state index contributed by atoms with van der Waals surface area (Å²) in [4.78, 5) is 45.3. The Hall–Kier alpha value is -4.73. The zero-order valence-electron chi connectivity index (χ0n) is 19.8. The van der Waals surface area contributed by atoms with E-state index in [-0.39, 0.29) is 30.4 Å². The number of ether oxygens (including phenoxy) is 2. The van der Waals surface area contributed by atoms with E-state index in [9.17, 15) is 19.7 Å². The molecular formula is C27H24N4O6. The average Bonchev–Trinajstić information content (AvgIpc) is 3.52. The molecule has 1 aliphatic rings. The molecule has 1 N–H and O–H groups in total. The van der Waals surface area contributed by atoms with E-state index in [2.05, 4.69) is 9.97 Å². The molecule has 10 heteroatoms. The minimum Gasteiger partial charge on any atom is -0.457 e. The second-order valence-electron chi connectivity index (χ2n) is 8.83. The van der Waals surface area contributed by atoms with E-state index < -0.39 is 23.1 Å². The number of aromatic nitrogens is 2. The zero-order valence-corrected chi connectivity index (χ0v) is 19.8. The molecule has 1 fully saturated rings. The first-order chi connectivity index (χ1) is 18.0. The van der Waals surface area contributed by atoms with Crippen LogP contribution in [0.25, 0.3) is 11.0 Å². The fourth-order valence-corrected chi connectivity index (χ4v) is 4.55. The van der Waals surface area contributed by atoms with Gasteiger partial charge in [-0.1, -0.05) is 30.3 Å². The first-order valence-electron chi connectivity index (χ1n) is 11.8. The number of carbonyl (C=O) groups excluding carboxylic acids is 2. The molecule has 4 aromatic rings. The Bertz CT molecular complexity index is 1420. The van der Waals surface area contributed by atoms with Gasteiger partial charge < -0.3 is 19.4 Å². The third-order valence-corrected chi connectivity index (χ3v) is 6.40. The molecular weight excluding hydrogens is 476 g/mol. The van der Waals surface area contributed by atoms with Gasteiger partial charge in [-0.3, -0.25) is 10.1 Å². The monoisotopic (exact) mass is 500 g/mol. The number of fused-ring (bicyclic) bond motifs is 1. The number of amides is 1. The number of hydrogen-bond donors (Lipinski definition) is 1. The highest BCUT2D eigenvalue weighted by Gasteiger charge is 2.38. The molecule has 0 saturated carbocycles. The lowest BCUT2D eigenvalue weighted by Gasteiger charge is -2.23. The van der Waals surface area contributed by atoms with Gasteiger partial charge in [-0.15, -0.1) is 0 Å². The van der Waals surface area contributed by atoms with Crippen molar-refractivity contribution in [3.63, 3.8) is 0 Å². The quantitative estimate of drug-likeness (QED) is 0.222. The second kappa shape index (κ2) is 10.5. The molecule has 0 aliphatic carbocycles. The maximum atomic E-state index is 13.1. The first-order valence-corrected chi connectivity index (χ1v) is 11.8. The number of esters is 1. The van der Waals surface area contributed by atoms with Gasteiger partial charge in [-0.2, -0.15) is 0 Å². The van der Waals surface area contributed by atoms with Crippen LogP contribution in [-0.4, -0.2) is 50.5 Å². The molecule has 1 aliphatic heterocycles. The lowest BCUT2D eigenvalue weighted by atomic mass is 10.0. The van der Waals surface area contributed by atoms with Crippen LogP contribution in [0.5, 0.6) is 0 Å². The Morgan fingerprint density at radius 1 is 1.08 bits per heavy atom. The van der Waals surface area contributed by atoms with E-state index in [1.165, 1.54) is 24.3 Å². The van der Waals surface area contributed by atoms with Crippen LogP contribution >= 0.6 is 0 Å². The molecule has 188 valence electrons. The molecule has 1 amide bonds. The van der Waals surface area contributed by atoms with Gasteiger partial charge in [0.05, 0.1) is 17.0 Å². The van der Waals surface area contributed by atoms with Crippen molar-refractivity contribution in [2.45, 2.75) is 31.6 Å². The number of likely N-dealkylation sites (tertiary alicyclic amines) is 1. The summed E-state index contributed by atoms with van der Waals surface area (Å²) in [6.45, 7) is 0.310. The lowest BCUT2D eigenvalue weighted by molar-refractivity contribution is -0.384. The van der Waals surface area contributed by atoms with E-state index in [1.807, 2.05) is 48.7 Å². The first kappa shape index (κ1) is 24.0. The molecule has 10 nitrogen and oxygen atoms in total. The van der Waals surface area contributed by atoms with Gasteiger partial charge in [-0.25, -0.2) is 14.6 Å². The van der Waals surface area contributed by atoms with E-state index in [4.69, 9.17) is 9.47 Å². The summed E-state index contributed by atoms with van der Waals surface area (Å²) in [5, 5.41) is 11.9. The summed E-state index contributed by atoms with van der Waals surface area (Å²) < 4.78 is 11.3. The molecule has 2 aromatic carbocycles. The van der Waals surface area contributed by atoms with Crippen molar-refractivity contribution in [2.75, 3.05) is 6.54 Å². The van der Waals surface area contributed by atoms with Gasteiger partial charge in [0.2, 0.25) is 0 Å². The number of nitro benzene ring substituents is 1. The van der Waals surface area contributed by atoms with Gasteiger partial charge in [0.15, 0.2) is 0 Å². The number of rotatable bonds is 7. The van der Waals surface area contributed by atoms with Crippen molar-refractivity contribution in [3.8, 4) is 0 Å². The predicted octanol–water partition coefficient (Wildman–Crippen LogP) is 4.65. The number of hydrogen-bond acceptors (Lipinski definition) is 7. The molecule has 2 atom stereocenters. The summed E-state index contributed by atoms with van der Waals surface area (Å²) in [6.07, 6.45) is 3.49. The van der Waals surface area contributed by atoms with Crippen LogP contribution in [0, 0.1) is 10.1 Å². The van der Waals surface area contributed by atoms with Crippen LogP contribution in [0.1, 0.15) is 27.9 Å². The van der Waals surface area contributed by atoms with Crippen molar-refractivity contribution < 1.29 is 24.0 Å². The van der Waals surface area contributed by atoms with E-state index >= 15 is 0 Å². The highest BCUT2D eigenvalue weighted by molar-refractivity contribution is 5.89. The van der Waals surface area contributed by atoms with Crippen molar-refractivity contribution >= 4 is 28.8 Å². The summed E-state index contributed by atoms with van der Waals surface area (Å²) in [6, 6.07) is 18.2. The number of aromatic amines is 1. The van der Waals surface area contributed by atoms with Gasteiger partial charge in [0, 0.05) is 42.4 Å². The van der Waals surface area contributed by atoms with E-state index in [0.29, 0.717) is 12.8 Å². The largest absolute Gasteiger partial charge is 0.457 e. The van der Waals surface area contributed by atoms with Gasteiger partial charge >= 0.3 is 12.1 Å². The highest BCUT2D eigenvalue weighted by Crippen LogP contribution is 2.28. The number of non-ortho nitro benzene ring substituents is 1. The molecule has 0 spiro atoms. The molecule has 0 unspecified atom stereocenters. The molecule has 1 saturated heterocycles. The molecule has 0 radical (unpaired) electrons. The molecule has 2 aromatic heterocycles. The minimum atomic E-state index is -0.602. The van der Waals surface area contributed by atoms with E-state index in [0.717, 1.165) is 22.2 Å². The molecule has 0 bridgehead atoms. The van der Waals surface area contributed by atoms with Crippen molar-refractivity contribution in [1.82, 2.24) is 14.9 Å². The Labute approximate surface area is 212 Å². The van der Waals surface area contributed by atoms with Gasteiger partial charge in [-0.05, 0) is 41.8 Å². The normalized spacial score (nSPS) is 17.0. The summed E-state index contributed by atoms with van der Waals surface area (Å²) in [7, 11) is 0. The number of benzene rings is 2. The smallest absolute Gasteiger partial charge is 0.410 e. The maximum absolute atomic E-state index is 13.1. The Kier molecular flexibility index (Phi) is 6.80. The number of nitro groups is 1. The molecule has 37 heavy (non-hydrogen) atoms. The number of nitrogens with one attached hydrogen (secondary N) is 1. The van der Waals surface area contributed by atoms with Crippen LogP contribution in [0.15, 0.2) is 79.1 Å². The summed E-state index contributed by atoms with van der Waals surface area (Å²) in [5.41, 5.74) is 2.72.